The number of carbonyl (C=O) groups excluding carboxylic acids is 1. The summed E-state index contributed by atoms with van der Waals surface area (Å²) in [6.07, 6.45) is -0.836. The summed E-state index contributed by atoms with van der Waals surface area (Å²) in [6, 6.07) is 9.54. The van der Waals surface area contributed by atoms with Crippen molar-refractivity contribution < 1.29 is 23.7 Å². The number of methoxy groups -OCH3 is 2. The molecule has 0 saturated heterocycles. The topological polar surface area (TPSA) is 54.0 Å². The molecule has 0 fully saturated rings. The van der Waals surface area contributed by atoms with Crippen LogP contribution in [0.25, 0.3) is 0 Å². The van der Waals surface area contributed by atoms with E-state index in [-0.39, 0.29) is 39.3 Å². The van der Waals surface area contributed by atoms with E-state index in [0.717, 1.165) is 27.6 Å². The number of aryl methyl sites for hydroxylation is 3. The predicted octanol–water partition coefficient (Wildman–Crippen LogP) is 3.85. The van der Waals surface area contributed by atoms with E-state index in [9.17, 15) is 4.79 Å². The van der Waals surface area contributed by atoms with Gasteiger partial charge in [0.1, 0.15) is 11.5 Å². The van der Waals surface area contributed by atoms with Gasteiger partial charge in [-0.1, -0.05) is 17.7 Å². The van der Waals surface area contributed by atoms with Gasteiger partial charge in [0.25, 0.3) is 0 Å². The molecular weight excluding hydrogens is 382 g/mol. The Morgan fingerprint density at radius 3 is 2.00 bits per heavy atom. The molecular formula is C22H30LiO5P. The van der Waals surface area contributed by atoms with E-state index in [1.54, 1.807) is 34.1 Å². The molecule has 154 valence electrons. The van der Waals surface area contributed by atoms with Crippen LogP contribution in [-0.4, -0.2) is 51.2 Å². The first-order valence-corrected chi connectivity index (χ1v) is 10.2. The van der Waals surface area contributed by atoms with Crippen LogP contribution in [0.3, 0.4) is 0 Å². The Morgan fingerprint density at radius 2 is 1.45 bits per heavy atom. The SMILES string of the molecule is COC(C)Oc1ccc(PC(=O)c2c(C)cc(C)cc2C)c(OC(C)OC)c1.[LiH]. The van der Waals surface area contributed by atoms with Gasteiger partial charge in [0.15, 0.2) is 18.1 Å². The maximum absolute atomic E-state index is 13.1. The molecule has 0 saturated carbocycles. The Hall–Kier alpha value is -1.34. The van der Waals surface area contributed by atoms with Crippen molar-refractivity contribution >= 4 is 38.3 Å². The average molecular weight is 412 g/mol. The third kappa shape index (κ3) is 7.14. The summed E-state index contributed by atoms with van der Waals surface area (Å²) in [5.74, 6) is 1.18. The van der Waals surface area contributed by atoms with Gasteiger partial charge in [0, 0.05) is 31.2 Å². The molecule has 29 heavy (non-hydrogen) atoms. The van der Waals surface area contributed by atoms with Gasteiger partial charge in [-0.3, -0.25) is 4.79 Å². The van der Waals surface area contributed by atoms with Crippen LogP contribution in [-0.2, 0) is 9.47 Å². The molecule has 0 radical (unpaired) electrons. The van der Waals surface area contributed by atoms with Crippen molar-refractivity contribution in [2.75, 3.05) is 14.2 Å². The molecule has 2 rings (SSSR count). The van der Waals surface area contributed by atoms with E-state index >= 15 is 0 Å². The minimum atomic E-state index is -0.448. The zero-order chi connectivity index (χ0) is 20.8. The third-order valence-corrected chi connectivity index (χ3v) is 5.52. The second-order valence-electron chi connectivity index (χ2n) is 6.73. The second kappa shape index (κ2) is 11.7. The van der Waals surface area contributed by atoms with E-state index in [4.69, 9.17) is 18.9 Å². The van der Waals surface area contributed by atoms with Crippen LogP contribution >= 0.6 is 8.58 Å². The fourth-order valence-electron chi connectivity index (χ4n) is 2.97. The summed E-state index contributed by atoms with van der Waals surface area (Å²) >= 11 is 0. The molecule has 0 spiro atoms. The molecule has 7 heteroatoms. The molecule has 0 amide bonds. The Bertz CT molecular complexity index is 817. The molecule has 0 aliphatic heterocycles. The van der Waals surface area contributed by atoms with Gasteiger partial charge in [0.05, 0.1) is 0 Å². The van der Waals surface area contributed by atoms with Gasteiger partial charge < -0.3 is 18.9 Å². The Labute approximate surface area is 187 Å². The van der Waals surface area contributed by atoms with Crippen molar-refractivity contribution in [3.8, 4) is 11.5 Å². The standard InChI is InChI=1S/C22H29O5P.Li.H/c1-13-10-14(2)21(15(3)11-13)22(23)28-20-9-8-18(26-16(4)24-6)12-19(20)27-17(5)25-7;;/h8-12,16-17,28H,1-7H3;;. The average Bonchev–Trinajstić information content (AvgIpc) is 2.62. The fraction of sp³-hybridized carbons (Fsp3) is 0.409. The quantitative estimate of drug-likeness (QED) is 0.356. The van der Waals surface area contributed by atoms with Crippen molar-refractivity contribution in [3.05, 3.63) is 52.6 Å². The molecule has 0 aromatic heterocycles. The fourth-order valence-corrected chi connectivity index (χ4v) is 4.15. The van der Waals surface area contributed by atoms with Crippen LogP contribution in [0.2, 0.25) is 0 Å². The summed E-state index contributed by atoms with van der Waals surface area (Å²) in [6.45, 7) is 9.60. The molecule has 2 aromatic carbocycles. The molecule has 0 aliphatic rings. The molecule has 0 N–H and O–H groups in total. The first-order chi connectivity index (χ1) is 13.2. The van der Waals surface area contributed by atoms with Gasteiger partial charge in [0.2, 0.25) is 0 Å². The Kier molecular flexibility index (Phi) is 10.4. The first kappa shape index (κ1) is 25.7. The van der Waals surface area contributed by atoms with Gasteiger partial charge >= 0.3 is 18.9 Å². The summed E-state index contributed by atoms with van der Waals surface area (Å²) < 4.78 is 21.9. The number of rotatable bonds is 9. The van der Waals surface area contributed by atoms with E-state index < -0.39 is 6.29 Å². The molecule has 2 aromatic rings. The molecule has 3 unspecified atom stereocenters. The second-order valence-corrected chi connectivity index (χ2v) is 7.97. The van der Waals surface area contributed by atoms with Gasteiger partial charge in [-0.2, -0.15) is 0 Å². The summed E-state index contributed by atoms with van der Waals surface area (Å²) in [7, 11) is 3.08. The number of carbonyl (C=O) groups is 1. The molecule has 0 bridgehead atoms. The van der Waals surface area contributed by atoms with Crippen molar-refractivity contribution in [2.45, 2.75) is 47.2 Å². The van der Waals surface area contributed by atoms with Crippen molar-refractivity contribution in [3.63, 3.8) is 0 Å². The normalized spacial score (nSPS) is 13.1. The number of hydrogen-bond donors (Lipinski definition) is 0. The van der Waals surface area contributed by atoms with Gasteiger partial charge in [-0.25, -0.2) is 0 Å². The number of benzene rings is 2. The van der Waals surface area contributed by atoms with Crippen LogP contribution in [0.15, 0.2) is 30.3 Å². The monoisotopic (exact) mass is 412 g/mol. The van der Waals surface area contributed by atoms with Crippen LogP contribution < -0.4 is 14.8 Å². The van der Waals surface area contributed by atoms with Crippen LogP contribution in [0.5, 0.6) is 11.5 Å². The maximum atomic E-state index is 13.1. The summed E-state index contributed by atoms with van der Waals surface area (Å²) in [4.78, 5) is 13.1. The van der Waals surface area contributed by atoms with Crippen LogP contribution in [0.4, 0.5) is 0 Å². The predicted molar refractivity (Wildman–Crippen MR) is 121 cm³/mol. The van der Waals surface area contributed by atoms with E-state index in [2.05, 4.69) is 0 Å². The molecule has 0 heterocycles. The Balaban J connectivity index is 0.00000420. The van der Waals surface area contributed by atoms with Crippen molar-refractivity contribution in [2.24, 2.45) is 0 Å². The zero-order valence-corrected chi connectivity index (χ0v) is 18.6. The Morgan fingerprint density at radius 1 is 0.897 bits per heavy atom. The summed E-state index contributed by atoms with van der Waals surface area (Å²) in [5.41, 5.74) is 4.02. The minimum absolute atomic E-state index is 0. The van der Waals surface area contributed by atoms with E-state index in [1.807, 2.05) is 45.0 Å². The van der Waals surface area contributed by atoms with Crippen molar-refractivity contribution in [1.29, 1.82) is 0 Å². The molecule has 0 aliphatic carbocycles. The number of hydrogen-bond acceptors (Lipinski definition) is 5. The summed E-state index contributed by atoms with van der Waals surface area (Å²) in [5, 5.41) is 0.811. The van der Waals surface area contributed by atoms with E-state index in [1.165, 1.54) is 0 Å². The van der Waals surface area contributed by atoms with Crippen LogP contribution in [0, 0.1) is 20.8 Å². The number of ether oxygens (including phenoxy) is 4. The zero-order valence-electron chi connectivity index (χ0n) is 17.6. The van der Waals surface area contributed by atoms with E-state index in [0.29, 0.717) is 11.5 Å². The van der Waals surface area contributed by atoms with Crippen molar-refractivity contribution in [1.82, 2.24) is 0 Å². The van der Waals surface area contributed by atoms with Gasteiger partial charge in [-0.05, 0) is 66.5 Å². The third-order valence-electron chi connectivity index (χ3n) is 4.36. The van der Waals surface area contributed by atoms with Gasteiger partial charge in [-0.15, -0.1) is 0 Å². The van der Waals surface area contributed by atoms with Crippen LogP contribution in [0.1, 0.15) is 40.9 Å². The molecule has 3 atom stereocenters. The molecule has 5 nitrogen and oxygen atoms in total. The first-order valence-electron chi connectivity index (χ1n) is 9.17.